The summed E-state index contributed by atoms with van der Waals surface area (Å²) in [7, 11) is 0. The van der Waals surface area contributed by atoms with Crippen molar-refractivity contribution in [1.82, 2.24) is 10.4 Å². The largest absolute Gasteiger partial charge is 0.354 e. The van der Waals surface area contributed by atoms with Crippen molar-refractivity contribution in [1.29, 1.82) is 0 Å². The van der Waals surface area contributed by atoms with Crippen LogP contribution in [0.1, 0.15) is 28.4 Å². The molecule has 0 spiro atoms. The zero-order valence-electron chi connectivity index (χ0n) is 17.9. The van der Waals surface area contributed by atoms with E-state index < -0.39 is 0 Å². The van der Waals surface area contributed by atoms with Gasteiger partial charge in [-0.15, -0.1) is 0 Å². The predicted molar refractivity (Wildman–Crippen MR) is 127 cm³/mol. The molecule has 5 rings (SSSR count). The van der Waals surface area contributed by atoms with E-state index in [-0.39, 0.29) is 23.5 Å². The van der Waals surface area contributed by atoms with Gasteiger partial charge < -0.3 is 10.3 Å². The first kappa shape index (κ1) is 20.6. The standard InChI is InChI=1S/C26H21FN4O2/c1-15(11-16-7-9-18(27)10-8-16)25(32)29-19-12-20-23-21(14-28-31-26(20)33)24(30-22(23)13-19)17-5-3-2-4-6-17/h2-10,12-15,30H,11H2,1H3,(H,29,32)(H,31,33)/t15-/m1/s1. The van der Waals surface area contributed by atoms with Crippen molar-refractivity contribution in [2.75, 3.05) is 5.32 Å². The van der Waals surface area contributed by atoms with Crippen LogP contribution in [0.3, 0.4) is 0 Å². The van der Waals surface area contributed by atoms with E-state index in [9.17, 15) is 14.0 Å². The number of carbonyl (C=O) groups is 2. The Morgan fingerprint density at radius 3 is 2.61 bits per heavy atom. The molecular formula is C26H21FN4O2. The van der Waals surface area contributed by atoms with E-state index >= 15 is 0 Å². The zero-order chi connectivity index (χ0) is 22.9. The molecule has 0 saturated heterocycles. The van der Waals surface area contributed by atoms with E-state index in [0.29, 0.717) is 17.7 Å². The van der Waals surface area contributed by atoms with E-state index in [0.717, 1.165) is 33.3 Å². The molecule has 1 aromatic heterocycles. The fourth-order valence-electron chi connectivity index (χ4n) is 4.12. The van der Waals surface area contributed by atoms with E-state index in [1.54, 1.807) is 24.4 Å². The maximum atomic E-state index is 13.1. The molecule has 1 aliphatic heterocycles. The molecule has 6 nitrogen and oxygen atoms in total. The highest BCUT2D eigenvalue weighted by atomic mass is 19.1. The lowest BCUT2D eigenvalue weighted by molar-refractivity contribution is -0.119. The minimum atomic E-state index is -0.346. The SMILES string of the molecule is C[C@H](Cc1ccc(F)cc1)C(=O)Nc1cc2c3c(c(-c4ccccc4)[nH]c3c1)C=NNC2=O. The Bertz CT molecular complexity index is 1390. The summed E-state index contributed by atoms with van der Waals surface area (Å²) in [6, 6.07) is 19.4. The molecule has 0 bridgehead atoms. The Balaban J connectivity index is 1.48. The zero-order valence-corrected chi connectivity index (χ0v) is 17.9. The van der Waals surface area contributed by atoms with E-state index in [2.05, 4.69) is 20.8 Å². The van der Waals surface area contributed by atoms with Gasteiger partial charge in [0, 0.05) is 28.1 Å². The first-order valence-corrected chi connectivity index (χ1v) is 10.6. The molecule has 0 unspecified atom stereocenters. The first-order valence-electron chi connectivity index (χ1n) is 10.6. The summed E-state index contributed by atoms with van der Waals surface area (Å²) in [5.74, 6) is -1.19. The van der Waals surface area contributed by atoms with Crippen LogP contribution in [0.4, 0.5) is 10.1 Å². The van der Waals surface area contributed by atoms with Gasteiger partial charge in [-0.2, -0.15) is 5.10 Å². The molecule has 1 atom stereocenters. The quantitative estimate of drug-likeness (QED) is 0.414. The van der Waals surface area contributed by atoms with E-state index in [4.69, 9.17) is 0 Å². The van der Waals surface area contributed by atoms with Gasteiger partial charge in [0.05, 0.1) is 17.5 Å². The summed E-state index contributed by atoms with van der Waals surface area (Å²) < 4.78 is 13.1. The van der Waals surface area contributed by atoms with Crippen LogP contribution in [0.2, 0.25) is 0 Å². The smallest absolute Gasteiger partial charge is 0.272 e. The molecule has 1 aliphatic rings. The molecule has 2 heterocycles. The van der Waals surface area contributed by atoms with Gasteiger partial charge >= 0.3 is 0 Å². The summed E-state index contributed by atoms with van der Waals surface area (Å²) in [6.45, 7) is 1.81. The molecule has 2 amide bonds. The maximum absolute atomic E-state index is 13.1. The van der Waals surface area contributed by atoms with E-state index in [1.807, 2.05) is 43.3 Å². The summed E-state index contributed by atoms with van der Waals surface area (Å²) in [5, 5.41) is 7.74. The first-order chi connectivity index (χ1) is 16.0. The van der Waals surface area contributed by atoms with Crippen LogP contribution in [-0.4, -0.2) is 23.0 Å². The minimum Gasteiger partial charge on any atom is -0.354 e. The summed E-state index contributed by atoms with van der Waals surface area (Å²) in [6.07, 6.45) is 2.11. The summed E-state index contributed by atoms with van der Waals surface area (Å²) >= 11 is 0. The summed E-state index contributed by atoms with van der Waals surface area (Å²) in [5.41, 5.74) is 7.70. The van der Waals surface area contributed by atoms with Crippen molar-refractivity contribution in [2.24, 2.45) is 11.0 Å². The normalized spacial score (nSPS) is 13.5. The van der Waals surface area contributed by atoms with Gasteiger partial charge in [-0.05, 0) is 41.8 Å². The van der Waals surface area contributed by atoms with Crippen molar-refractivity contribution in [3.05, 3.63) is 89.2 Å². The molecule has 3 aromatic carbocycles. The van der Waals surface area contributed by atoms with Gasteiger partial charge in [0.2, 0.25) is 5.91 Å². The van der Waals surface area contributed by atoms with Crippen LogP contribution in [0.5, 0.6) is 0 Å². The lowest BCUT2D eigenvalue weighted by Crippen LogP contribution is -2.23. The minimum absolute atomic E-state index is 0.189. The van der Waals surface area contributed by atoms with Crippen LogP contribution >= 0.6 is 0 Å². The Hall–Kier alpha value is -4.26. The summed E-state index contributed by atoms with van der Waals surface area (Å²) in [4.78, 5) is 28.9. The highest BCUT2D eigenvalue weighted by Gasteiger charge is 2.23. The Kier molecular flexibility index (Phi) is 5.22. The molecule has 4 aromatic rings. The average molecular weight is 440 g/mol. The molecular weight excluding hydrogens is 419 g/mol. The van der Waals surface area contributed by atoms with Crippen LogP contribution in [0.25, 0.3) is 22.2 Å². The van der Waals surface area contributed by atoms with Gasteiger partial charge in [0.15, 0.2) is 0 Å². The number of halogens is 1. The van der Waals surface area contributed by atoms with Gasteiger partial charge in [0.1, 0.15) is 5.82 Å². The number of rotatable bonds is 5. The number of hydrogen-bond donors (Lipinski definition) is 3. The number of aromatic amines is 1. The second kappa shape index (κ2) is 8.35. The molecule has 0 radical (unpaired) electrons. The number of nitrogens with one attached hydrogen (secondary N) is 3. The third kappa shape index (κ3) is 4.01. The Morgan fingerprint density at radius 2 is 1.85 bits per heavy atom. The number of H-pyrrole nitrogens is 1. The van der Waals surface area contributed by atoms with Gasteiger partial charge in [-0.3, -0.25) is 9.59 Å². The monoisotopic (exact) mass is 440 g/mol. The Morgan fingerprint density at radius 1 is 1.09 bits per heavy atom. The average Bonchev–Trinajstić information content (AvgIpc) is 3.09. The van der Waals surface area contributed by atoms with Crippen molar-refractivity contribution in [3.63, 3.8) is 0 Å². The molecule has 0 fully saturated rings. The topological polar surface area (TPSA) is 86.3 Å². The number of aromatic nitrogens is 1. The number of carbonyl (C=O) groups excluding carboxylic acids is 2. The van der Waals surface area contributed by atoms with Crippen LogP contribution in [0.15, 0.2) is 71.8 Å². The van der Waals surface area contributed by atoms with Crippen LogP contribution < -0.4 is 10.7 Å². The molecule has 33 heavy (non-hydrogen) atoms. The second-order valence-electron chi connectivity index (χ2n) is 8.15. The van der Waals surface area contributed by atoms with Gasteiger partial charge in [0.25, 0.3) is 5.91 Å². The molecule has 0 aliphatic carbocycles. The number of nitrogens with zero attached hydrogens (tertiary/aromatic N) is 1. The lowest BCUT2D eigenvalue weighted by Gasteiger charge is -2.13. The molecule has 0 saturated carbocycles. The number of hydrogen-bond acceptors (Lipinski definition) is 3. The molecule has 3 N–H and O–H groups in total. The predicted octanol–water partition coefficient (Wildman–Crippen LogP) is 4.87. The van der Waals surface area contributed by atoms with Crippen LogP contribution in [-0.2, 0) is 11.2 Å². The second-order valence-corrected chi connectivity index (χ2v) is 8.15. The third-order valence-electron chi connectivity index (χ3n) is 5.77. The highest BCUT2D eigenvalue weighted by Crippen LogP contribution is 2.34. The third-order valence-corrected chi connectivity index (χ3v) is 5.77. The highest BCUT2D eigenvalue weighted by molar-refractivity contribution is 6.18. The number of anilines is 1. The van der Waals surface area contributed by atoms with Crippen molar-refractivity contribution >= 4 is 34.6 Å². The number of benzene rings is 3. The van der Waals surface area contributed by atoms with Gasteiger partial charge in [-0.1, -0.05) is 49.4 Å². The lowest BCUT2D eigenvalue weighted by atomic mass is 9.99. The maximum Gasteiger partial charge on any atom is 0.272 e. The van der Waals surface area contributed by atoms with Crippen molar-refractivity contribution in [3.8, 4) is 11.3 Å². The molecule has 7 heteroatoms. The number of amides is 2. The van der Waals surface area contributed by atoms with E-state index in [1.165, 1.54) is 12.1 Å². The van der Waals surface area contributed by atoms with Gasteiger partial charge in [-0.25, -0.2) is 9.82 Å². The van der Waals surface area contributed by atoms with Crippen LogP contribution in [0, 0.1) is 11.7 Å². The van der Waals surface area contributed by atoms with Crippen molar-refractivity contribution < 1.29 is 14.0 Å². The Labute approximate surface area is 189 Å². The fourth-order valence-corrected chi connectivity index (χ4v) is 4.12. The fraction of sp³-hybridized carbons (Fsp3) is 0.115. The number of hydrazone groups is 1. The molecule has 164 valence electrons. The van der Waals surface area contributed by atoms with Crippen molar-refractivity contribution in [2.45, 2.75) is 13.3 Å².